The summed E-state index contributed by atoms with van der Waals surface area (Å²) in [5.41, 5.74) is 2.36. The van der Waals surface area contributed by atoms with Crippen LogP contribution < -0.4 is 5.32 Å². The number of carbonyl (C=O) groups is 1. The molecule has 1 unspecified atom stereocenters. The summed E-state index contributed by atoms with van der Waals surface area (Å²) in [6.45, 7) is 3.59. The fourth-order valence-electron chi connectivity index (χ4n) is 3.08. The third kappa shape index (κ3) is 4.93. The highest BCUT2D eigenvalue weighted by Crippen LogP contribution is 2.21. The van der Waals surface area contributed by atoms with E-state index in [9.17, 15) is 4.79 Å². The molecule has 0 spiro atoms. The molecule has 0 fully saturated rings. The lowest BCUT2D eigenvalue weighted by Crippen LogP contribution is -2.32. The molecule has 0 saturated carbocycles. The lowest BCUT2D eigenvalue weighted by Gasteiger charge is -2.14. The summed E-state index contributed by atoms with van der Waals surface area (Å²) in [5.74, 6) is -0.00354. The number of amides is 1. The molecular formula is C23H25NO2. The number of nitrogens with one attached hydrogen (secondary N) is 1. The molecule has 3 aromatic rings. The van der Waals surface area contributed by atoms with E-state index in [-0.39, 0.29) is 11.8 Å². The summed E-state index contributed by atoms with van der Waals surface area (Å²) in [6, 6.07) is 24.6. The van der Waals surface area contributed by atoms with Crippen LogP contribution in [-0.2, 0) is 22.6 Å². The average Bonchev–Trinajstić information content (AvgIpc) is 2.68. The molecule has 0 aliphatic heterocycles. The Hall–Kier alpha value is -2.65. The van der Waals surface area contributed by atoms with E-state index in [0.29, 0.717) is 19.8 Å². The van der Waals surface area contributed by atoms with Gasteiger partial charge in [-0.1, -0.05) is 79.7 Å². The first-order valence-electron chi connectivity index (χ1n) is 9.10. The minimum Gasteiger partial charge on any atom is -0.375 e. The minimum atomic E-state index is -0.0741. The van der Waals surface area contributed by atoms with Crippen molar-refractivity contribution in [1.82, 2.24) is 5.32 Å². The SMILES string of the molecule is CC(Cc1cccc2ccccc12)C(=O)NCCOCc1ccccc1. The quantitative estimate of drug-likeness (QED) is 0.615. The molecule has 3 heteroatoms. The summed E-state index contributed by atoms with van der Waals surface area (Å²) in [7, 11) is 0. The third-order valence-corrected chi connectivity index (χ3v) is 4.51. The van der Waals surface area contributed by atoms with Gasteiger partial charge >= 0.3 is 0 Å². The lowest BCUT2D eigenvalue weighted by atomic mass is 9.95. The zero-order chi connectivity index (χ0) is 18.2. The molecule has 26 heavy (non-hydrogen) atoms. The first-order chi connectivity index (χ1) is 12.7. The van der Waals surface area contributed by atoms with Crippen molar-refractivity contribution < 1.29 is 9.53 Å². The smallest absolute Gasteiger partial charge is 0.223 e. The summed E-state index contributed by atoms with van der Waals surface area (Å²) in [6.07, 6.45) is 0.734. The molecule has 0 bridgehead atoms. The van der Waals surface area contributed by atoms with Gasteiger partial charge in [0, 0.05) is 12.5 Å². The Bertz CT molecular complexity index is 840. The van der Waals surface area contributed by atoms with E-state index >= 15 is 0 Å². The number of ether oxygens (including phenoxy) is 1. The highest BCUT2D eigenvalue weighted by atomic mass is 16.5. The Morgan fingerprint density at radius 2 is 1.69 bits per heavy atom. The highest BCUT2D eigenvalue weighted by Gasteiger charge is 2.14. The minimum absolute atomic E-state index is 0.0706. The van der Waals surface area contributed by atoms with Gasteiger partial charge in [0.05, 0.1) is 13.2 Å². The summed E-state index contributed by atoms with van der Waals surface area (Å²) < 4.78 is 5.61. The summed E-state index contributed by atoms with van der Waals surface area (Å²) >= 11 is 0. The van der Waals surface area contributed by atoms with Crippen molar-refractivity contribution >= 4 is 16.7 Å². The van der Waals surface area contributed by atoms with Gasteiger partial charge in [-0.15, -0.1) is 0 Å². The largest absolute Gasteiger partial charge is 0.375 e. The van der Waals surface area contributed by atoms with Crippen LogP contribution >= 0.6 is 0 Å². The van der Waals surface area contributed by atoms with E-state index < -0.39 is 0 Å². The van der Waals surface area contributed by atoms with Crippen molar-refractivity contribution in [3.8, 4) is 0 Å². The topological polar surface area (TPSA) is 38.3 Å². The first kappa shape index (κ1) is 18.2. The Morgan fingerprint density at radius 3 is 2.54 bits per heavy atom. The Morgan fingerprint density at radius 1 is 0.962 bits per heavy atom. The number of hydrogen-bond donors (Lipinski definition) is 1. The van der Waals surface area contributed by atoms with E-state index in [0.717, 1.165) is 12.0 Å². The Labute approximate surface area is 155 Å². The van der Waals surface area contributed by atoms with Crippen LogP contribution in [0.25, 0.3) is 10.8 Å². The van der Waals surface area contributed by atoms with E-state index in [1.807, 2.05) is 49.4 Å². The normalized spacial score (nSPS) is 12.0. The van der Waals surface area contributed by atoms with Gasteiger partial charge in [0.1, 0.15) is 0 Å². The summed E-state index contributed by atoms with van der Waals surface area (Å²) in [5, 5.41) is 5.41. The third-order valence-electron chi connectivity index (χ3n) is 4.51. The van der Waals surface area contributed by atoms with Gasteiger partial charge in [0.2, 0.25) is 5.91 Å². The van der Waals surface area contributed by atoms with E-state index in [1.165, 1.54) is 16.3 Å². The zero-order valence-corrected chi connectivity index (χ0v) is 15.2. The fraction of sp³-hybridized carbons (Fsp3) is 0.261. The number of carbonyl (C=O) groups excluding carboxylic acids is 1. The molecule has 0 saturated heterocycles. The number of benzene rings is 3. The molecule has 0 radical (unpaired) electrons. The van der Waals surface area contributed by atoms with Gasteiger partial charge in [-0.2, -0.15) is 0 Å². The average molecular weight is 347 g/mol. The van der Waals surface area contributed by atoms with E-state index in [1.54, 1.807) is 0 Å². The van der Waals surface area contributed by atoms with Gasteiger partial charge in [-0.25, -0.2) is 0 Å². The van der Waals surface area contributed by atoms with Crippen molar-refractivity contribution in [2.24, 2.45) is 5.92 Å². The Kier molecular flexibility index (Phi) is 6.39. The predicted octanol–water partition coefficient (Wildman–Crippen LogP) is 4.35. The van der Waals surface area contributed by atoms with E-state index in [4.69, 9.17) is 4.74 Å². The maximum atomic E-state index is 12.3. The highest BCUT2D eigenvalue weighted by molar-refractivity contribution is 5.86. The Balaban J connectivity index is 1.44. The van der Waals surface area contributed by atoms with Crippen molar-refractivity contribution in [3.63, 3.8) is 0 Å². The molecule has 1 amide bonds. The number of fused-ring (bicyclic) bond motifs is 1. The summed E-state index contributed by atoms with van der Waals surface area (Å²) in [4.78, 5) is 12.3. The molecule has 3 rings (SSSR count). The second-order valence-corrected chi connectivity index (χ2v) is 6.57. The molecule has 0 aliphatic carbocycles. The predicted molar refractivity (Wildman–Crippen MR) is 106 cm³/mol. The second-order valence-electron chi connectivity index (χ2n) is 6.57. The van der Waals surface area contributed by atoms with E-state index in [2.05, 4.69) is 35.6 Å². The molecule has 0 aliphatic rings. The van der Waals surface area contributed by atoms with Crippen LogP contribution in [0.4, 0.5) is 0 Å². The molecule has 1 atom stereocenters. The van der Waals surface area contributed by atoms with Crippen LogP contribution in [0.5, 0.6) is 0 Å². The maximum Gasteiger partial charge on any atom is 0.223 e. The van der Waals surface area contributed by atoms with Crippen molar-refractivity contribution in [1.29, 1.82) is 0 Å². The molecule has 3 aromatic carbocycles. The van der Waals surface area contributed by atoms with Gasteiger partial charge in [-0.05, 0) is 28.3 Å². The fourth-order valence-corrected chi connectivity index (χ4v) is 3.08. The van der Waals surface area contributed by atoms with Gasteiger partial charge < -0.3 is 10.1 Å². The molecule has 0 aromatic heterocycles. The molecular weight excluding hydrogens is 322 g/mol. The van der Waals surface area contributed by atoms with Crippen LogP contribution in [0.15, 0.2) is 72.8 Å². The zero-order valence-electron chi connectivity index (χ0n) is 15.2. The molecule has 0 heterocycles. The van der Waals surface area contributed by atoms with Crippen LogP contribution in [0.2, 0.25) is 0 Å². The van der Waals surface area contributed by atoms with Crippen LogP contribution in [0.1, 0.15) is 18.1 Å². The van der Waals surface area contributed by atoms with Crippen LogP contribution in [-0.4, -0.2) is 19.1 Å². The van der Waals surface area contributed by atoms with Crippen molar-refractivity contribution in [3.05, 3.63) is 83.9 Å². The number of hydrogen-bond acceptors (Lipinski definition) is 2. The van der Waals surface area contributed by atoms with Crippen LogP contribution in [0.3, 0.4) is 0 Å². The van der Waals surface area contributed by atoms with Gasteiger partial charge in [0.25, 0.3) is 0 Å². The van der Waals surface area contributed by atoms with Gasteiger partial charge in [-0.3, -0.25) is 4.79 Å². The van der Waals surface area contributed by atoms with Gasteiger partial charge in [0.15, 0.2) is 0 Å². The lowest BCUT2D eigenvalue weighted by molar-refractivity contribution is -0.124. The number of rotatable bonds is 8. The molecule has 1 N–H and O–H groups in total. The maximum absolute atomic E-state index is 12.3. The van der Waals surface area contributed by atoms with Crippen molar-refractivity contribution in [2.75, 3.05) is 13.2 Å². The monoisotopic (exact) mass is 347 g/mol. The molecule has 134 valence electrons. The second kappa shape index (κ2) is 9.16. The molecule has 3 nitrogen and oxygen atoms in total. The van der Waals surface area contributed by atoms with Crippen molar-refractivity contribution in [2.45, 2.75) is 20.0 Å². The van der Waals surface area contributed by atoms with Crippen LogP contribution in [0, 0.1) is 5.92 Å². The first-order valence-corrected chi connectivity index (χ1v) is 9.10. The standard InChI is InChI=1S/C23H25NO2/c1-18(16-21-12-7-11-20-10-5-6-13-22(20)21)23(25)24-14-15-26-17-19-8-3-2-4-9-19/h2-13,18H,14-17H2,1H3,(H,24,25).